The van der Waals surface area contributed by atoms with Crippen LogP contribution in [0.3, 0.4) is 0 Å². The molecule has 0 fully saturated rings. The van der Waals surface area contributed by atoms with E-state index in [9.17, 15) is 36.5 Å². The minimum Gasteiger partial charge on any atom is -0.366 e. The molecule has 274 valence electrons. The van der Waals surface area contributed by atoms with Gasteiger partial charge in [0.2, 0.25) is 5.91 Å². The van der Waals surface area contributed by atoms with Gasteiger partial charge in [0.25, 0.3) is 0 Å². The van der Waals surface area contributed by atoms with Crippen molar-refractivity contribution in [2.24, 2.45) is 11.7 Å². The predicted octanol–water partition coefficient (Wildman–Crippen LogP) is 11.2. The molecule has 53 heavy (non-hydrogen) atoms. The van der Waals surface area contributed by atoms with Crippen LogP contribution < -0.4 is 5.73 Å². The average Bonchev–Trinajstić information content (AvgIpc) is 3.50. The number of primary amides is 1. The van der Waals surface area contributed by atoms with E-state index >= 15 is 0 Å². The van der Waals surface area contributed by atoms with Crippen molar-refractivity contribution in [3.8, 4) is 0 Å². The summed E-state index contributed by atoms with van der Waals surface area (Å²) in [5.74, 6) is -0.957. The minimum atomic E-state index is -5.11. The van der Waals surface area contributed by atoms with Gasteiger partial charge in [-0.15, -0.1) is 0 Å². The highest BCUT2D eigenvalue weighted by Crippen LogP contribution is 2.39. The standard InChI is InChI=1S/C43H39F6N3O/c1-3-4-6-9-31-18-19-35(22-28(31)2)39(24-30-14-15-32-10-7-5-8-11-34(32)23-30)52(27-29-12-16-33(17-13-29)41(51)53)40(50)36-20-21-37(42(44,45)46)26-38(25-36)43(47,48)49/h3-9,11-19,21-22,24-26,34,50H,10,20,23,27H2,1-2H3,(H2,51,53)/b4-3-,9-6-,39-24+,50-40?. The second-order valence-electron chi connectivity index (χ2n) is 12.9. The van der Waals surface area contributed by atoms with Crippen molar-refractivity contribution in [1.82, 2.24) is 4.90 Å². The van der Waals surface area contributed by atoms with Gasteiger partial charge in [-0.05, 0) is 103 Å². The number of amides is 1. The Hall–Kier alpha value is -5.64. The average molecular weight is 728 g/mol. The fourth-order valence-corrected chi connectivity index (χ4v) is 6.25. The Labute approximate surface area is 305 Å². The van der Waals surface area contributed by atoms with Crippen LogP contribution in [0.25, 0.3) is 11.8 Å². The molecule has 0 bridgehead atoms. The lowest BCUT2D eigenvalue weighted by Gasteiger charge is -2.31. The van der Waals surface area contributed by atoms with Crippen molar-refractivity contribution in [3.05, 3.63) is 177 Å². The number of benzene rings is 2. The molecule has 0 radical (unpaired) electrons. The Kier molecular flexibility index (Phi) is 11.9. The molecule has 3 N–H and O–H groups in total. The molecule has 4 nitrogen and oxygen atoms in total. The number of hydrogen-bond donors (Lipinski definition) is 2. The Bertz CT molecular complexity index is 2060. The molecule has 0 saturated heterocycles. The van der Waals surface area contributed by atoms with Crippen molar-refractivity contribution in [2.45, 2.75) is 52.0 Å². The van der Waals surface area contributed by atoms with E-state index in [0.717, 1.165) is 23.1 Å². The van der Waals surface area contributed by atoms with Crippen LogP contribution in [0.5, 0.6) is 0 Å². The van der Waals surface area contributed by atoms with Crippen molar-refractivity contribution in [2.75, 3.05) is 0 Å². The van der Waals surface area contributed by atoms with E-state index in [1.165, 1.54) is 22.6 Å². The molecule has 1 unspecified atom stereocenters. The Balaban J connectivity index is 1.70. The molecule has 2 aromatic carbocycles. The number of rotatable bonds is 9. The molecule has 10 heteroatoms. The van der Waals surface area contributed by atoms with Gasteiger partial charge in [-0.25, -0.2) is 0 Å². The van der Waals surface area contributed by atoms with Gasteiger partial charge in [-0.1, -0.05) is 96.7 Å². The monoisotopic (exact) mass is 727 g/mol. The lowest BCUT2D eigenvalue weighted by atomic mass is 9.85. The molecule has 0 saturated carbocycles. The molecule has 5 rings (SSSR count). The molecule has 1 amide bonds. The van der Waals surface area contributed by atoms with Crippen LogP contribution in [0.15, 0.2) is 149 Å². The molecule has 0 spiro atoms. The third kappa shape index (κ3) is 9.83. The maximum Gasteiger partial charge on any atom is 0.416 e. The SMILES string of the molecule is C/C=C\C=C/c1ccc(/C(=C\C2=CC=C3CC=CC=CC3C2)N(Cc2ccc(C(N)=O)cc2)C(=N)C2=CC(C(F)(F)F)=CC(C(F)(F)F)=CC2)cc1C. The minimum absolute atomic E-state index is 0.0639. The van der Waals surface area contributed by atoms with E-state index in [1.807, 2.05) is 86.7 Å². The molecule has 2 aromatic rings. The molecule has 0 aromatic heterocycles. The smallest absolute Gasteiger partial charge is 0.366 e. The van der Waals surface area contributed by atoms with E-state index in [0.29, 0.717) is 35.4 Å². The molecule has 0 heterocycles. The van der Waals surface area contributed by atoms with Gasteiger partial charge in [-0.2, -0.15) is 26.3 Å². The summed E-state index contributed by atoms with van der Waals surface area (Å²) in [6.07, 6.45) is 13.8. The molecular weight excluding hydrogens is 688 g/mol. The van der Waals surface area contributed by atoms with Gasteiger partial charge >= 0.3 is 12.4 Å². The van der Waals surface area contributed by atoms with Crippen molar-refractivity contribution >= 4 is 23.5 Å². The van der Waals surface area contributed by atoms with Crippen LogP contribution in [-0.4, -0.2) is 29.0 Å². The van der Waals surface area contributed by atoms with Crippen LogP contribution in [0.1, 0.15) is 58.8 Å². The number of carbonyl (C=O) groups excluding carboxylic acids is 1. The van der Waals surface area contributed by atoms with Gasteiger partial charge in [0, 0.05) is 18.0 Å². The largest absolute Gasteiger partial charge is 0.416 e. The molecular formula is C43H39F6N3O. The summed E-state index contributed by atoms with van der Waals surface area (Å²) in [5, 5.41) is 9.46. The zero-order valence-electron chi connectivity index (χ0n) is 29.2. The summed E-state index contributed by atoms with van der Waals surface area (Å²) >= 11 is 0. The number of amidine groups is 1. The second kappa shape index (κ2) is 16.4. The first-order valence-corrected chi connectivity index (χ1v) is 17.0. The summed E-state index contributed by atoms with van der Waals surface area (Å²) < 4.78 is 84.1. The number of alkyl halides is 6. The number of allylic oxidation sites excluding steroid dienone is 17. The number of nitrogens with one attached hydrogen (secondary N) is 1. The zero-order valence-corrected chi connectivity index (χ0v) is 29.2. The number of carbonyl (C=O) groups is 1. The quantitative estimate of drug-likeness (QED) is 0.117. The highest BCUT2D eigenvalue weighted by atomic mass is 19.4. The summed E-state index contributed by atoms with van der Waals surface area (Å²) in [5.41, 5.74) is 8.10. The molecule has 1 atom stereocenters. The summed E-state index contributed by atoms with van der Waals surface area (Å²) in [7, 11) is 0. The van der Waals surface area contributed by atoms with Gasteiger partial charge in [0.1, 0.15) is 5.84 Å². The highest BCUT2D eigenvalue weighted by molar-refractivity contribution is 6.02. The van der Waals surface area contributed by atoms with Crippen LogP contribution in [0.2, 0.25) is 0 Å². The first-order valence-electron chi connectivity index (χ1n) is 17.0. The maximum atomic E-state index is 14.2. The molecule has 0 aliphatic heterocycles. The topological polar surface area (TPSA) is 70.2 Å². The van der Waals surface area contributed by atoms with Crippen molar-refractivity contribution in [1.29, 1.82) is 5.41 Å². The number of aryl methyl sites for hydroxylation is 1. The fourth-order valence-electron chi connectivity index (χ4n) is 6.25. The summed E-state index contributed by atoms with van der Waals surface area (Å²) in [6.45, 7) is 3.76. The first kappa shape index (κ1) is 38.6. The third-order valence-corrected chi connectivity index (χ3v) is 9.14. The number of nitrogens with two attached hydrogens (primary N) is 1. The number of hydrogen-bond acceptors (Lipinski definition) is 2. The Morgan fingerprint density at radius 1 is 0.925 bits per heavy atom. The van der Waals surface area contributed by atoms with Crippen molar-refractivity contribution in [3.63, 3.8) is 0 Å². The first-order chi connectivity index (χ1) is 25.1. The summed E-state index contributed by atoms with van der Waals surface area (Å²) in [4.78, 5) is 13.3. The highest BCUT2D eigenvalue weighted by Gasteiger charge is 2.39. The van der Waals surface area contributed by atoms with Gasteiger partial charge < -0.3 is 10.6 Å². The predicted molar refractivity (Wildman–Crippen MR) is 199 cm³/mol. The van der Waals surface area contributed by atoms with Gasteiger partial charge in [-0.3, -0.25) is 10.2 Å². The number of halogens is 6. The lowest BCUT2D eigenvalue weighted by Crippen LogP contribution is -2.30. The molecule has 3 aliphatic rings. The van der Waals surface area contributed by atoms with Gasteiger partial charge in [0.05, 0.1) is 16.8 Å². The number of fused-ring (bicyclic) bond motifs is 1. The Morgan fingerprint density at radius 3 is 2.30 bits per heavy atom. The van der Waals surface area contributed by atoms with Gasteiger partial charge in [0.15, 0.2) is 0 Å². The van der Waals surface area contributed by atoms with Crippen LogP contribution >= 0.6 is 0 Å². The van der Waals surface area contributed by atoms with E-state index in [2.05, 4.69) is 12.2 Å². The fraction of sp³-hybridized carbons (Fsp3) is 0.209. The van der Waals surface area contributed by atoms with Crippen LogP contribution in [0, 0.1) is 18.3 Å². The normalized spacial score (nSPS) is 18.1. The summed E-state index contributed by atoms with van der Waals surface area (Å²) in [6, 6.07) is 11.9. The van der Waals surface area contributed by atoms with E-state index < -0.39 is 41.7 Å². The maximum absolute atomic E-state index is 14.2. The second-order valence-corrected chi connectivity index (χ2v) is 12.9. The Morgan fingerprint density at radius 2 is 1.64 bits per heavy atom. The zero-order chi connectivity index (χ0) is 38.3. The number of nitrogens with zero attached hydrogens (tertiary/aromatic N) is 1. The molecule has 3 aliphatic carbocycles. The van der Waals surface area contributed by atoms with Crippen LogP contribution in [-0.2, 0) is 6.54 Å². The van der Waals surface area contributed by atoms with E-state index in [4.69, 9.17) is 5.73 Å². The lowest BCUT2D eigenvalue weighted by molar-refractivity contribution is -0.0933. The third-order valence-electron chi connectivity index (χ3n) is 9.14. The van der Waals surface area contributed by atoms with Crippen molar-refractivity contribution < 1.29 is 31.1 Å². The van der Waals surface area contributed by atoms with E-state index in [1.54, 1.807) is 12.1 Å². The van der Waals surface area contributed by atoms with E-state index in [-0.39, 0.29) is 29.7 Å². The van der Waals surface area contributed by atoms with Crippen LogP contribution in [0.4, 0.5) is 26.3 Å².